The van der Waals surface area contributed by atoms with Gasteiger partial charge >= 0.3 is 0 Å². The maximum Gasteiger partial charge on any atom is 0.253 e. The van der Waals surface area contributed by atoms with E-state index in [0.29, 0.717) is 38.7 Å². The van der Waals surface area contributed by atoms with Crippen molar-refractivity contribution >= 4 is 44.4 Å². The summed E-state index contributed by atoms with van der Waals surface area (Å²) >= 11 is 5.86. The van der Waals surface area contributed by atoms with E-state index in [1.807, 2.05) is 13.0 Å². The number of carbonyl (C=O) groups excluding carboxylic acids is 2. The minimum Gasteiger partial charge on any atom is -0.451 e. The number of furan rings is 1. The second-order valence-electron chi connectivity index (χ2n) is 14.3. The van der Waals surface area contributed by atoms with E-state index >= 15 is 0 Å². The van der Waals surface area contributed by atoms with Crippen LogP contribution in [0, 0.1) is 23.1 Å². The molecule has 4 rings (SSSR count). The molecule has 3 aromatic rings. The number of ketones is 1. The largest absolute Gasteiger partial charge is 0.451 e. The SMILES string of the molecule is CC1=C(N(C)C)S(=O)C1=O.CCCC.CCCC(C)(C)C(C)C(C)C(=O)c1cc2nc(-c3ccc(Cl)c(F)c3)cc(C(C)(C)C)c2o1. The van der Waals surface area contributed by atoms with E-state index in [-0.39, 0.29) is 38.6 Å². The first-order valence-electron chi connectivity index (χ1n) is 16.5. The van der Waals surface area contributed by atoms with Gasteiger partial charge in [-0.2, -0.15) is 0 Å². The van der Waals surface area contributed by atoms with E-state index in [9.17, 15) is 18.2 Å². The van der Waals surface area contributed by atoms with E-state index in [0.717, 1.165) is 18.4 Å². The van der Waals surface area contributed by atoms with Gasteiger partial charge in [-0.25, -0.2) is 13.6 Å². The minimum absolute atomic E-state index is 0.0105. The minimum atomic E-state index is -1.37. The smallest absolute Gasteiger partial charge is 0.253 e. The molecule has 3 unspecified atom stereocenters. The number of aromatic nitrogens is 1. The Morgan fingerprint density at radius 1 is 1.02 bits per heavy atom. The van der Waals surface area contributed by atoms with Gasteiger partial charge in [0.25, 0.3) is 5.12 Å². The van der Waals surface area contributed by atoms with E-state index in [4.69, 9.17) is 21.0 Å². The number of Topliss-reactive ketones (excluding diaryl/α,β-unsaturated/α-hetero) is 1. The fourth-order valence-corrected chi connectivity index (χ4v) is 6.63. The quantitative estimate of drug-likeness (QED) is 0.208. The van der Waals surface area contributed by atoms with Crippen LogP contribution in [-0.2, 0) is 21.0 Å². The average Bonchev–Trinajstić information content (AvgIpc) is 3.44. The molecule has 3 atom stereocenters. The van der Waals surface area contributed by atoms with Crippen LogP contribution >= 0.6 is 11.6 Å². The lowest BCUT2D eigenvalue weighted by molar-refractivity contribution is -0.108. The number of halogens is 2. The van der Waals surface area contributed by atoms with Crippen molar-refractivity contribution < 1.29 is 22.6 Å². The highest BCUT2D eigenvalue weighted by Gasteiger charge is 2.35. The maximum atomic E-state index is 14.1. The number of hydrogen-bond acceptors (Lipinski definition) is 6. The Labute approximate surface area is 289 Å². The molecule has 0 saturated carbocycles. The summed E-state index contributed by atoms with van der Waals surface area (Å²) in [5, 5.41) is 0.495. The van der Waals surface area contributed by atoms with Crippen molar-refractivity contribution in [3.8, 4) is 11.3 Å². The van der Waals surface area contributed by atoms with Crippen molar-refractivity contribution in [2.75, 3.05) is 14.1 Å². The van der Waals surface area contributed by atoms with Crippen LogP contribution < -0.4 is 0 Å². The molecule has 1 aliphatic rings. The Balaban J connectivity index is 0.000000454. The Hall–Kier alpha value is -2.84. The van der Waals surface area contributed by atoms with E-state index < -0.39 is 16.6 Å². The lowest BCUT2D eigenvalue weighted by Gasteiger charge is -2.35. The molecule has 0 bridgehead atoms. The number of rotatable bonds is 9. The summed E-state index contributed by atoms with van der Waals surface area (Å²) in [5.74, 6) is -0.164. The molecule has 1 aliphatic heterocycles. The van der Waals surface area contributed by atoms with Crippen molar-refractivity contribution in [3.05, 3.63) is 63.1 Å². The number of benzene rings is 1. The van der Waals surface area contributed by atoms with Gasteiger partial charge in [0.05, 0.1) is 10.7 Å². The van der Waals surface area contributed by atoms with Crippen LogP contribution in [0.3, 0.4) is 0 Å². The standard InChI is InChI=1S/C28H35ClFNO2.C6H9NO2S.C4H10/c1-9-12-28(7,8)17(3)16(2)25(32)24-15-23-26(33-24)19(27(4,5)6)14-22(31-23)18-10-11-20(29)21(30)13-18;1-4-5(7(2)3)10(9)6(4)8;1-3-4-2/h10-11,13-17H,9,12H2,1-8H3;1-3H3;3-4H2,1-2H3. The molecule has 1 aromatic carbocycles. The number of hydrogen-bond donors (Lipinski definition) is 0. The van der Waals surface area contributed by atoms with Crippen molar-refractivity contribution in [3.63, 3.8) is 0 Å². The first kappa shape index (κ1) is 40.3. The van der Waals surface area contributed by atoms with Gasteiger partial charge in [0, 0.05) is 42.8 Å². The summed E-state index contributed by atoms with van der Waals surface area (Å²) in [6.45, 7) is 23.0. The summed E-state index contributed by atoms with van der Waals surface area (Å²) in [6.07, 6.45) is 4.78. The molecule has 0 saturated heterocycles. The summed E-state index contributed by atoms with van der Waals surface area (Å²) in [4.78, 5) is 30.5. The Morgan fingerprint density at radius 3 is 2.06 bits per heavy atom. The van der Waals surface area contributed by atoms with Crippen molar-refractivity contribution in [1.82, 2.24) is 9.88 Å². The summed E-state index contributed by atoms with van der Waals surface area (Å²) < 4.78 is 31.1. The molecule has 0 amide bonds. The van der Waals surface area contributed by atoms with Crippen molar-refractivity contribution in [1.29, 1.82) is 0 Å². The molecule has 0 N–H and O–H groups in total. The number of fused-ring (bicyclic) bond motifs is 1. The van der Waals surface area contributed by atoms with Crippen LogP contribution in [0.4, 0.5) is 4.39 Å². The topological polar surface area (TPSA) is 80.5 Å². The number of carbonyl (C=O) groups is 2. The molecule has 3 heterocycles. The van der Waals surface area contributed by atoms with Gasteiger partial charge in [-0.05, 0) is 48.3 Å². The molecule has 6 nitrogen and oxygen atoms in total. The zero-order valence-electron chi connectivity index (χ0n) is 30.6. The average molecular weight is 689 g/mol. The van der Waals surface area contributed by atoms with Gasteiger partial charge in [0.15, 0.2) is 11.3 Å². The van der Waals surface area contributed by atoms with E-state index in [1.54, 1.807) is 38.1 Å². The highest BCUT2D eigenvalue weighted by molar-refractivity contribution is 8.06. The maximum absolute atomic E-state index is 14.1. The molecular formula is C38H54ClFN2O4S. The molecule has 0 radical (unpaired) electrons. The predicted molar refractivity (Wildman–Crippen MR) is 195 cm³/mol. The molecule has 0 aliphatic carbocycles. The van der Waals surface area contributed by atoms with Gasteiger partial charge in [0.2, 0.25) is 5.78 Å². The number of unbranched alkanes of at least 4 members (excludes halogenated alkanes) is 1. The third-order valence-electron chi connectivity index (χ3n) is 8.91. The highest BCUT2D eigenvalue weighted by atomic mass is 35.5. The summed E-state index contributed by atoms with van der Waals surface area (Å²) in [5.41, 5.74) is 3.79. The van der Waals surface area contributed by atoms with E-state index in [1.165, 1.54) is 25.0 Å². The van der Waals surface area contributed by atoms with Crippen molar-refractivity contribution in [2.45, 2.75) is 107 Å². The van der Waals surface area contributed by atoms with Gasteiger partial charge in [0.1, 0.15) is 27.2 Å². The molecular weight excluding hydrogens is 635 g/mol. The van der Waals surface area contributed by atoms with Gasteiger partial charge < -0.3 is 9.32 Å². The van der Waals surface area contributed by atoms with Crippen LogP contribution in [0.2, 0.25) is 5.02 Å². The van der Waals surface area contributed by atoms with Gasteiger partial charge in [-0.15, -0.1) is 0 Å². The normalized spacial score (nSPS) is 16.1. The summed E-state index contributed by atoms with van der Waals surface area (Å²) in [6, 6.07) is 8.31. The van der Waals surface area contributed by atoms with Crippen LogP contribution in [0.5, 0.6) is 0 Å². The first-order valence-corrected chi connectivity index (χ1v) is 18.0. The van der Waals surface area contributed by atoms with Crippen molar-refractivity contribution in [2.24, 2.45) is 17.3 Å². The fourth-order valence-electron chi connectivity index (χ4n) is 5.41. The second-order valence-corrected chi connectivity index (χ2v) is 16.0. The number of pyridine rings is 1. The van der Waals surface area contributed by atoms with Crippen LogP contribution in [0.25, 0.3) is 22.4 Å². The zero-order chi connectivity index (χ0) is 36.0. The molecule has 260 valence electrons. The molecule has 9 heteroatoms. The monoisotopic (exact) mass is 688 g/mol. The Kier molecular flexibility index (Phi) is 14.2. The second kappa shape index (κ2) is 16.5. The highest BCUT2D eigenvalue weighted by Crippen LogP contribution is 2.40. The molecule has 47 heavy (non-hydrogen) atoms. The fraction of sp³-hybridized carbons (Fsp3) is 0.553. The lowest BCUT2D eigenvalue weighted by atomic mass is 9.69. The zero-order valence-corrected chi connectivity index (χ0v) is 32.1. The Morgan fingerprint density at radius 2 is 1.62 bits per heavy atom. The Bertz CT molecular complexity index is 1630. The van der Waals surface area contributed by atoms with Crippen LogP contribution in [0.1, 0.15) is 118 Å². The van der Waals surface area contributed by atoms with Gasteiger partial charge in [-0.3, -0.25) is 9.59 Å². The predicted octanol–water partition coefficient (Wildman–Crippen LogP) is 10.7. The molecule has 0 fully saturated rings. The third kappa shape index (κ3) is 9.62. The van der Waals surface area contributed by atoms with E-state index in [2.05, 4.69) is 62.3 Å². The first-order chi connectivity index (χ1) is 21.7. The van der Waals surface area contributed by atoms with Crippen LogP contribution in [-0.4, -0.2) is 39.1 Å². The summed E-state index contributed by atoms with van der Waals surface area (Å²) in [7, 11) is 2.19. The number of nitrogens with zero attached hydrogens (tertiary/aromatic N) is 2. The molecule has 0 spiro atoms. The van der Waals surface area contributed by atoms with Crippen LogP contribution in [0.15, 0.2) is 45.4 Å². The van der Waals surface area contributed by atoms with Gasteiger partial charge in [-0.1, -0.05) is 106 Å². The lowest BCUT2D eigenvalue weighted by Crippen LogP contribution is -2.32. The third-order valence-corrected chi connectivity index (χ3v) is 10.9. The molecule has 2 aromatic heterocycles.